The molecule has 0 aromatic carbocycles. The zero-order chi connectivity index (χ0) is 11.2. The molecule has 5 nitrogen and oxygen atoms in total. The highest BCUT2D eigenvalue weighted by molar-refractivity contribution is 5.84. The summed E-state index contributed by atoms with van der Waals surface area (Å²) < 4.78 is 7.15. The number of piperidine rings is 1. The molecule has 1 aromatic heterocycles. The standard InChI is InChI=1S/C11H17N3O2/c15-11(13-14-7-1-2-8-14)9-16-10-3-5-12-6-4-10/h1-2,7-8,10,12H,3-6,9H2,(H,13,15). The molecule has 1 aliphatic rings. The maximum absolute atomic E-state index is 11.5. The predicted molar refractivity (Wildman–Crippen MR) is 60.6 cm³/mol. The Labute approximate surface area is 94.7 Å². The van der Waals surface area contributed by atoms with Crippen molar-refractivity contribution in [2.75, 3.05) is 25.1 Å². The number of rotatable bonds is 4. The predicted octanol–water partition coefficient (Wildman–Crippen LogP) is 0.327. The quantitative estimate of drug-likeness (QED) is 0.773. The van der Waals surface area contributed by atoms with Gasteiger partial charge in [0.05, 0.1) is 6.10 Å². The lowest BCUT2D eigenvalue weighted by molar-refractivity contribution is -0.124. The van der Waals surface area contributed by atoms with E-state index < -0.39 is 0 Å². The van der Waals surface area contributed by atoms with E-state index in [1.165, 1.54) is 0 Å². The SMILES string of the molecule is O=C(COC1CCNCC1)Nn1cccc1. The molecule has 2 rings (SSSR count). The van der Waals surface area contributed by atoms with Crippen molar-refractivity contribution in [3.05, 3.63) is 24.5 Å². The molecule has 0 radical (unpaired) electrons. The summed E-state index contributed by atoms with van der Waals surface area (Å²) in [4.78, 5) is 11.5. The van der Waals surface area contributed by atoms with E-state index in [9.17, 15) is 4.79 Å². The Balaban J connectivity index is 1.67. The molecule has 1 amide bonds. The summed E-state index contributed by atoms with van der Waals surface area (Å²) >= 11 is 0. The van der Waals surface area contributed by atoms with E-state index in [4.69, 9.17) is 4.74 Å². The Bertz CT molecular complexity index is 318. The van der Waals surface area contributed by atoms with Gasteiger partial charge in [-0.3, -0.25) is 14.9 Å². The second kappa shape index (κ2) is 5.67. The van der Waals surface area contributed by atoms with Crippen LogP contribution in [0.1, 0.15) is 12.8 Å². The van der Waals surface area contributed by atoms with Crippen LogP contribution < -0.4 is 10.7 Å². The van der Waals surface area contributed by atoms with Crippen LogP contribution >= 0.6 is 0 Å². The van der Waals surface area contributed by atoms with Gasteiger partial charge >= 0.3 is 0 Å². The third-order valence-corrected chi connectivity index (χ3v) is 2.59. The van der Waals surface area contributed by atoms with Gasteiger partial charge in [-0.2, -0.15) is 0 Å². The van der Waals surface area contributed by atoms with Crippen molar-refractivity contribution in [2.24, 2.45) is 0 Å². The van der Waals surface area contributed by atoms with E-state index in [2.05, 4.69) is 10.7 Å². The summed E-state index contributed by atoms with van der Waals surface area (Å²) in [5.74, 6) is -0.116. The summed E-state index contributed by atoms with van der Waals surface area (Å²) in [6.07, 6.45) is 5.75. The van der Waals surface area contributed by atoms with E-state index in [0.717, 1.165) is 25.9 Å². The fourth-order valence-electron chi connectivity index (χ4n) is 1.74. The van der Waals surface area contributed by atoms with Gasteiger partial charge in [0, 0.05) is 12.4 Å². The Morgan fingerprint density at radius 3 is 2.75 bits per heavy atom. The zero-order valence-corrected chi connectivity index (χ0v) is 9.19. The fraction of sp³-hybridized carbons (Fsp3) is 0.545. The molecule has 0 bridgehead atoms. The first-order chi connectivity index (χ1) is 7.84. The number of amides is 1. The minimum absolute atomic E-state index is 0.116. The van der Waals surface area contributed by atoms with Gasteiger partial charge in [-0.1, -0.05) is 0 Å². The highest BCUT2D eigenvalue weighted by Gasteiger charge is 2.14. The maximum Gasteiger partial charge on any atom is 0.264 e. The monoisotopic (exact) mass is 223 g/mol. The van der Waals surface area contributed by atoms with Crippen LogP contribution in [0, 0.1) is 0 Å². The molecule has 88 valence electrons. The van der Waals surface area contributed by atoms with Crippen LogP contribution in [0.5, 0.6) is 0 Å². The molecule has 1 saturated heterocycles. The third kappa shape index (κ3) is 3.36. The molecule has 5 heteroatoms. The Morgan fingerprint density at radius 1 is 1.38 bits per heavy atom. The molecule has 0 unspecified atom stereocenters. The van der Waals surface area contributed by atoms with Crippen LogP contribution in [-0.4, -0.2) is 36.4 Å². The fourth-order valence-corrected chi connectivity index (χ4v) is 1.74. The molecule has 16 heavy (non-hydrogen) atoms. The molecule has 1 aromatic rings. The molecule has 2 heterocycles. The summed E-state index contributed by atoms with van der Waals surface area (Å²) in [7, 11) is 0. The molecule has 0 atom stereocenters. The van der Waals surface area contributed by atoms with Crippen LogP contribution in [0.3, 0.4) is 0 Å². The second-order valence-corrected chi connectivity index (χ2v) is 3.89. The minimum atomic E-state index is -0.116. The number of nitrogens with zero attached hydrogens (tertiary/aromatic N) is 1. The Hall–Kier alpha value is -1.33. The number of ether oxygens (including phenoxy) is 1. The molecule has 0 saturated carbocycles. The molecule has 0 spiro atoms. The van der Waals surface area contributed by atoms with Crippen molar-refractivity contribution in [3.63, 3.8) is 0 Å². The lowest BCUT2D eigenvalue weighted by Crippen LogP contribution is -2.35. The summed E-state index contributed by atoms with van der Waals surface area (Å²) in [6.45, 7) is 2.08. The molecule has 2 N–H and O–H groups in total. The van der Waals surface area contributed by atoms with Crippen molar-refractivity contribution in [1.82, 2.24) is 9.99 Å². The van der Waals surface area contributed by atoms with Crippen LogP contribution in [0.4, 0.5) is 0 Å². The second-order valence-electron chi connectivity index (χ2n) is 3.89. The van der Waals surface area contributed by atoms with Crippen LogP contribution in [-0.2, 0) is 9.53 Å². The Kier molecular flexibility index (Phi) is 3.96. The topological polar surface area (TPSA) is 55.3 Å². The van der Waals surface area contributed by atoms with E-state index in [1.807, 2.05) is 12.1 Å². The van der Waals surface area contributed by atoms with E-state index in [1.54, 1.807) is 17.1 Å². The molecule has 1 fully saturated rings. The largest absolute Gasteiger partial charge is 0.368 e. The number of hydrogen-bond donors (Lipinski definition) is 2. The first-order valence-corrected chi connectivity index (χ1v) is 5.60. The zero-order valence-electron chi connectivity index (χ0n) is 9.19. The van der Waals surface area contributed by atoms with Crippen molar-refractivity contribution in [3.8, 4) is 0 Å². The number of hydrogen-bond acceptors (Lipinski definition) is 3. The van der Waals surface area contributed by atoms with Gasteiger partial charge in [-0.25, -0.2) is 0 Å². The van der Waals surface area contributed by atoms with Crippen molar-refractivity contribution >= 4 is 5.91 Å². The first kappa shape index (κ1) is 11.2. The number of nitrogens with one attached hydrogen (secondary N) is 2. The van der Waals surface area contributed by atoms with Crippen LogP contribution in [0.25, 0.3) is 0 Å². The van der Waals surface area contributed by atoms with Crippen LogP contribution in [0.2, 0.25) is 0 Å². The van der Waals surface area contributed by atoms with Crippen molar-refractivity contribution in [1.29, 1.82) is 0 Å². The molecule has 1 aliphatic heterocycles. The summed E-state index contributed by atoms with van der Waals surface area (Å²) in [5.41, 5.74) is 2.70. The van der Waals surface area contributed by atoms with Gasteiger partial charge < -0.3 is 10.1 Å². The first-order valence-electron chi connectivity index (χ1n) is 5.60. The average Bonchev–Trinajstić information content (AvgIpc) is 2.81. The lowest BCUT2D eigenvalue weighted by Gasteiger charge is -2.22. The van der Waals surface area contributed by atoms with E-state index >= 15 is 0 Å². The van der Waals surface area contributed by atoms with Gasteiger partial charge in [-0.15, -0.1) is 0 Å². The molecular weight excluding hydrogens is 206 g/mol. The summed E-state index contributed by atoms with van der Waals surface area (Å²) in [6, 6.07) is 3.71. The number of aromatic nitrogens is 1. The highest BCUT2D eigenvalue weighted by Crippen LogP contribution is 2.06. The van der Waals surface area contributed by atoms with E-state index in [-0.39, 0.29) is 18.6 Å². The van der Waals surface area contributed by atoms with Gasteiger partial charge in [0.25, 0.3) is 5.91 Å². The number of carbonyl (C=O) groups is 1. The lowest BCUT2D eigenvalue weighted by atomic mass is 10.1. The van der Waals surface area contributed by atoms with Crippen molar-refractivity contribution in [2.45, 2.75) is 18.9 Å². The smallest absolute Gasteiger partial charge is 0.264 e. The minimum Gasteiger partial charge on any atom is -0.368 e. The van der Waals surface area contributed by atoms with Gasteiger partial charge in [0.15, 0.2) is 0 Å². The average molecular weight is 223 g/mol. The molecule has 0 aliphatic carbocycles. The molecular formula is C11H17N3O2. The van der Waals surface area contributed by atoms with Crippen molar-refractivity contribution < 1.29 is 9.53 Å². The van der Waals surface area contributed by atoms with Gasteiger partial charge in [-0.05, 0) is 38.1 Å². The van der Waals surface area contributed by atoms with Gasteiger partial charge in [0.1, 0.15) is 6.61 Å². The summed E-state index contributed by atoms with van der Waals surface area (Å²) in [5, 5.41) is 3.25. The Morgan fingerprint density at radius 2 is 2.06 bits per heavy atom. The van der Waals surface area contributed by atoms with Gasteiger partial charge in [0.2, 0.25) is 0 Å². The highest BCUT2D eigenvalue weighted by atomic mass is 16.5. The third-order valence-electron chi connectivity index (χ3n) is 2.59. The van der Waals surface area contributed by atoms with E-state index in [0.29, 0.717) is 0 Å². The van der Waals surface area contributed by atoms with Crippen LogP contribution in [0.15, 0.2) is 24.5 Å². The number of carbonyl (C=O) groups excluding carboxylic acids is 1. The maximum atomic E-state index is 11.5. The normalized spacial score (nSPS) is 17.2.